The maximum absolute atomic E-state index is 12.7. The number of amides is 3. The number of hydrogen-bond acceptors (Lipinski definition) is 3. The molecule has 3 amide bonds. The van der Waals surface area contributed by atoms with Crippen molar-refractivity contribution in [3.05, 3.63) is 65.2 Å². The first-order chi connectivity index (χ1) is 14.5. The van der Waals surface area contributed by atoms with E-state index in [1.165, 1.54) is 0 Å². The lowest BCUT2D eigenvalue weighted by atomic mass is 9.89. The van der Waals surface area contributed by atoms with Crippen molar-refractivity contribution < 1.29 is 9.59 Å². The van der Waals surface area contributed by atoms with Crippen molar-refractivity contribution in [3.8, 4) is 0 Å². The van der Waals surface area contributed by atoms with Gasteiger partial charge in [0.05, 0.1) is 0 Å². The van der Waals surface area contributed by atoms with Gasteiger partial charge in [-0.2, -0.15) is 0 Å². The fourth-order valence-corrected chi connectivity index (χ4v) is 3.83. The maximum atomic E-state index is 12.7. The fourth-order valence-electron chi connectivity index (χ4n) is 3.83. The molecule has 0 aliphatic carbocycles. The Morgan fingerprint density at radius 1 is 1.10 bits per heavy atom. The molecular weight excluding hydrogens is 376 g/mol. The van der Waals surface area contributed by atoms with Crippen LogP contribution in [0.25, 0.3) is 0 Å². The van der Waals surface area contributed by atoms with E-state index in [2.05, 4.69) is 16.7 Å². The molecule has 2 aromatic rings. The first-order valence-corrected chi connectivity index (χ1v) is 10.6. The zero-order valence-electron chi connectivity index (χ0n) is 18.1. The second-order valence-corrected chi connectivity index (χ2v) is 7.99. The van der Waals surface area contributed by atoms with E-state index in [9.17, 15) is 9.59 Å². The van der Waals surface area contributed by atoms with Crippen LogP contribution in [0.1, 0.15) is 47.2 Å². The topological polar surface area (TPSA) is 64.7 Å². The van der Waals surface area contributed by atoms with Crippen LogP contribution in [-0.2, 0) is 6.54 Å². The minimum Gasteiger partial charge on any atom is -0.378 e. The SMILES string of the molecule is CCNC(=O)N1CCC[C@@H](c2cccc(C(=O)NCc3ccc(N(C)C)cc3)c2)C1. The molecule has 1 aliphatic heterocycles. The number of likely N-dealkylation sites (tertiary alicyclic amines) is 1. The number of piperidine rings is 1. The second-order valence-electron chi connectivity index (χ2n) is 7.99. The van der Waals surface area contributed by atoms with Crippen LogP contribution in [0, 0.1) is 0 Å². The third-order valence-electron chi connectivity index (χ3n) is 5.56. The minimum absolute atomic E-state index is 0.00335. The summed E-state index contributed by atoms with van der Waals surface area (Å²) >= 11 is 0. The van der Waals surface area contributed by atoms with Gasteiger partial charge in [0.15, 0.2) is 0 Å². The van der Waals surface area contributed by atoms with Crippen molar-refractivity contribution in [2.24, 2.45) is 0 Å². The highest BCUT2D eigenvalue weighted by molar-refractivity contribution is 5.94. The lowest BCUT2D eigenvalue weighted by molar-refractivity contribution is 0.0950. The van der Waals surface area contributed by atoms with Crippen LogP contribution >= 0.6 is 0 Å². The van der Waals surface area contributed by atoms with Gasteiger partial charge >= 0.3 is 6.03 Å². The zero-order valence-corrected chi connectivity index (χ0v) is 18.1. The van der Waals surface area contributed by atoms with Crippen LogP contribution in [0.15, 0.2) is 48.5 Å². The summed E-state index contributed by atoms with van der Waals surface area (Å²) in [4.78, 5) is 28.8. The Balaban J connectivity index is 1.61. The summed E-state index contributed by atoms with van der Waals surface area (Å²) in [5.41, 5.74) is 3.97. The standard InChI is InChI=1S/C24H32N4O2/c1-4-25-24(30)28-14-6-9-21(17-28)19-7-5-8-20(15-19)23(29)26-16-18-10-12-22(13-11-18)27(2)3/h5,7-8,10-13,15,21H,4,6,9,14,16-17H2,1-3H3,(H,25,30)(H,26,29)/t21-/m1/s1. The quantitative estimate of drug-likeness (QED) is 0.768. The summed E-state index contributed by atoms with van der Waals surface area (Å²) in [5, 5.41) is 5.89. The van der Waals surface area contributed by atoms with Crippen molar-refractivity contribution in [1.82, 2.24) is 15.5 Å². The molecular formula is C24H32N4O2. The van der Waals surface area contributed by atoms with E-state index in [0.29, 0.717) is 25.2 Å². The van der Waals surface area contributed by atoms with Crippen LogP contribution < -0.4 is 15.5 Å². The molecule has 1 saturated heterocycles. The Hall–Kier alpha value is -3.02. The molecule has 30 heavy (non-hydrogen) atoms. The van der Waals surface area contributed by atoms with E-state index in [4.69, 9.17) is 0 Å². The minimum atomic E-state index is -0.0788. The number of benzene rings is 2. The Labute approximate surface area is 179 Å². The number of nitrogens with zero attached hydrogens (tertiary/aromatic N) is 2. The Morgan fingerprint density at radius 2 is 1.87 bits per heavy atom. The van der Waals surface area contributed by atoms with Gasteiger partial charge in [-0.25, -0.2) is 4.79 Å². The Kier molecular flexibility index (Phi) is 7.33. The van der Waals surface area contributed by atoms with E-state index < -0.39 is 0 Å². The molecule has 0 radical (unpaired) electrons. The van der Waals surface area contributed by atoms with Crippen LogP contribution in [-0.4, -0.2) is 50.6 Å². The Bertz CT molecular complexity index is 864. The lowest BCUT2D eigenvalue weighted by Crippen LogP contribution is -2.44. The van der Waals surface area contributed by atoms with Crippen molar-refractivity contribution >= 4 is 17.6 Å². The van der Waals surface area contributed by atoms with E-state index in [-0.39, 0.29) is 17.9 Å². The third-order valence-corrected chi connectivity index (χ3v) is 5.56. The highest BCUT2D eigenvalue weighted by Crippen LogP contribution is 2.27. The van der Waals surface area contributed by atoms with Crippen molar-refractivity contribution in [1.29, 1.82) is 0 Å². The van der Waals surface area contributed by atoms with Crippen molar-refractivity contribution in [2.45, 2.75) is 32.2 Å². The molecule has 2 aromatic carbocycles. The molecule has 1 heterocycles. The van der Waals surface area contributed by atoms with Gasteiger partial charge in [0.2, 0.25) is 0 Å². The predicted octanol–water partition coefficient (Wildman–Crippen LogP) is 3.59. The van der Waals surface area contributed by atoms with Crippen LogP contribution in [0.5, 0.6) is 0 Å². The first kappa shape index (κ1) is 21.7. The largest absolute Gasteiger partial charge is 0.378 e. The highest BCUT2D eigenvalue weighted by atomic mass is 16.2. The summed E-state index contributed by atoms with van der Waals surface area (Å²) < 4.78 is 0. The van der Waals surface area contributed by atoms with Crippen LogP contribution in [0.2, 0.25) is 0 Å². The van der Waals surface area contributed by atoms with Gasteiger partial charge in [-0.15, -0.1) is 0 Å². The molecule has 1 atom stereocenters. The number of carbonyl (C=O) groups excluding carboxylic acids is 2. The molecule has 2 N–H and O–H groups in total. The highest BCUT2D eigenvalue weighted by Gasteiger charge is 2.24. The normalized spacial score (nSPS) is 16.1. The van der Waals surface area contributed by atoms with E-state index in [1.54, 1.807) is 0 Å². The number of hydrogen-bond donors (Lipinski definition) is 2. The summed E-state index contributed by atoms with van der Waals surface area (Å²) in [5.74, 6) is 0.178. The molecule has 1 aliphatic rings. The van der Waals surface area contributed by atoms with Crippen molar-refractivity contribution in [3.63, 3.8) is 0 Å². The molecule has 0 unspecified atom stereocenters. The molecule has 0 aromatic heterocycles. The van der Waals surface area contributed by atoms with Gasteiger partial charge in [-0.1, -0.05) is 24.3 Å². The van der Waals surface area contributed by atoms with Crippen LogP contribution in [0.3, 0.4) is 0 Å². The zero-order chi connectivity index (χ0) is 21.5. The van der Waals surface area contributed by atoms with Gasteiger partial charge in [0.25, 0.3) is 5.91 Å². The fraction of sp³-hybridized carbons (Fsp3) is 0.417. The average molecular weight is 409 g/mol. The molecule has 3 rings (SSSR count). The summed E-state index contributed by atoms with van der Waals surface area (Å²) in [6.45, 7) is 4.53. The molecule has 6 heteroatoms. The van der Waals surface area contributed by atoms with Gasteiger partial charge in [0.1, 0.15) is 0 Å². The monoisotopic (exact) mass is 408 g/mol. The molecule has 160 valence electrons. The van der Waals surface area contributed by atoms with Crippen LogP contribution in [0.4, 0.5) is 10.5 Å². The van der Waals surface area contributed by atoms with E-state index >= 15 is 0 Å². The number of carbonyl (C=O) groups is 2. The second kappa shape index (κ2) is 10.1. The number of urea groups is 1. The van der Waals surface area contributed by atoms with E-state index in [1.807, 2.05) is 73.3 Å². The van der Waals surface area contributed by atoms with Crippen molar-refractivity contribution in [2.75, 3.05) is 38.6 Å². The summed E-state index contributed by atoms with van der Waals surface area (Å²) in [7, 11) is 4.01. The Morgan fingerprint density at radius 3 is 2.57 bits per heavy atom. The number of nitrogens with one attached hydrogen (secondary N) is 2. The summed E-state index contributed by atoms with van der Waals surface area (Å²) in [6.07, 6.45) is 2.00. The lowest BCUT2D eigenvalue weighted by Gasteiger charge is -2.33. The van der Waals surface area contributed by atoms with E-state index in [0.717, 1.165) is 36.2 Å². The molecule has 6 nitrogen and oxygen atoms in total. The smallest absolute Gasteiger partial charge is 0.317 e. The first-order valence-electron chi connectivity index (χ1n) is 10.6. The van der Waals surface area contributed by atoms with Gasteiger partial charge < -0.3 is 20.4 Å². The van der Waals surface area contributed by atoms with Gasteiger partial charge in [-0.3, -0.25) is 4.79 Å². The van der Waals surface area contributed by atoms with Gasteiger partial charge in [0, 0.05) is 57.4 Å². The number of anilines is 1. The molecule has 0 saturated carbocycles. The molecule has 1 fully saturated rings. The average Bonchev–Trinajstić information content (AvgIpc) is 2.78. The molecule has 0 bridgehead atoms. The summed E-state index contributed by atoms with van der Waals surface area (Å²) in [6, 6.07) is 16.0. The number of rotatable bonds is 6. The third kappa shape index (κ3) is 5.53. The predicted molar refractivity (Wildman–Crippen MR) is 121 cm³/mol. The molecule has 0 spiro atoms. The maximum Gasteiger partial charge on any atom is 0.317 e. The van der Waals surface area contributed by atoms with Gasteiger partial charge in [-0.05, 0) is 55.2 Å².